The summed E-state index contributed by atoms with van der Waals surface area (Å²) in [6, 6.07) is -4.53. The van der Waals surface area contributed by atoms with E-state index in [9.17, 15) is 58.5 Å². The quantitative estimate of drug-likeness (QED) is 0.0362. The number of carbonyl (C=O) groups is 9. The first-order chi connectivity index (χ1) is 28.6. The first-order valence-electron chi connectivity index (χ1n) is 20.0. The second-order valence-electron chi connectivity index (χ2n) is 15.5. The van der Waals surface area contributed by atoms with Crippen molar-refractivity contribution in [3.8, 4) is 5.75 Å². The Morgan fingerprint density at radius 3 is 1.51 bits per heavy atom. The van der Waals surface area contributed by atoms with Crippen LogP contribution in [-0.2, 0) is 49.6 Å². The molecule has 22 heteroatoms. The fraction of sp³-hybridized carbons (Fsp3) is 0.615. The second kappa shape index (κ2) is 27.1. The molecule has 16 N–H and O–H groups in total. The van der Waals surface area contributed by atoms with Crippen molar-refractivity contribution < 1.29 is 63.6 Å². The third-order valence-corrected chi connectivity index (χ3v) is 9.11. The number of aliphatic hydroxyl groups is 1. The molecule has 7 amide bonds. The number of hydrogen-bond acceptors (Lipinski definition) is 13. The van der Waals surface area contributed by atoms with Gasteiger partial charge >= 0.3 is 11.9 Å². The lowest BCUT2D eigenvalue weighted by Gasteiger charge is -2.28. The van der Waals surface area contributed by atoms with Crippen LogP contribution in [0.4, 0.5) is 0 Å². The minimum absolute atomic E-state index is 0.0170. The summed E-state index contributed by atoms with van der Waals surface area (Å²) in [4.78, 5) is 115. The lowest BCUT2D eigenvalue weighted by atomic mass is 10.00. The number of nitrogens with two attached hydrogens (primary N) is 3. The van der Waals surface area contributed by atoms with Crippen molar-refractivity contribution in [3.05, 3.63) is 29.8 Å². The van der Waals surface area contributed by atoms with E-state index in [4.69, 9.17) is 22.3 Å². The molecule has 1 aromatic carbocycles. The number of rotatable bonds is 29. The molecule has 1 aromatic rings. The molecule has 61 heavy (non-hydrogen) atoms. The highest BCUT2D eigenvalue weighted by Crippen LogP contribution is 2.14. The molecule has 22 nitrogen and oxygen atoms in total. The predicted octanol–water partition coefficient (Wildman–Crippen LogP) is -2.79. The van der Waals surface area contributed by atoms with E-state index in [-0.39, 0.29) is 43.3 Å². The highest BCUT2D eigenvalue weighted by molar-refractivity contribution is 5.97. The summed E-state index contributed by atoms with van der Waals surface area (Å²) in [6.07, 6.45) is -0.710. The van der Waals surface area contributed by atoms with Crippen molar-refractivity contribution in [1.82, 2.24) is 31.9 Å². The summed E-state index contributed by atoms with van der Waals surface area (Å²) < 4.78 is 0. The number of aliphatic hydroxyl groups excluding tert-OH is 1. The average molecular weight is 866 g/mol. The molecule has 0 heterocycles. The third-order valence-electron chi connectivity index (χ3n) is 9.11. The number of nitrogens with one attached hydrogen (secondary N) is 6. The third kappa shape index (κ3) is 20.8. The number of unbranched alkanes of at least 4 members (excludes halogenated alkanes) is 1. The molecule has 0 aliphatic carbocycles. The van der Waals surface area contributed by atoms with Crippen molar-refractivity contribution in [2.75, 3.05) is 13.2 Å². The van der Waals surface area contributed by atoms with Crippen molar-refractivity contribution >= 4 is 53.3 Å². The van der Waals surface area contributed by atoms with E-state index in [1.807, 2.05) is 0 Å². The molecule has 0 saturated carbocycles. The minimum atomic E-state index is -1.70. The molecule has 7 unspecified atom stereocenters. The van der Waals surface area contributed by atoms with Gasteiger partial charge in [0, 0.05) is 12.8 Å². The van der Waals surface area contributed by atoms with Gasteiger partial charge in [-0.25, -0.2) is 4.79 Å². The van der Waals surface area contributed by atoms with Crippen molar-refractivity contribution in [1.29, 1.82) is 0 Å². The number of aromatic hydroxyl groups is 1. The smallest absolute Gasteiger partial charge is 0.326 e. The number of carbonyl (C=O) groups excluding carboxylic acids is 7. The first-order valence-corrected chi connectivity index (χ1v) is 20.0. The van der Waals surface area contributed by atoms with Gasteiger partial charge in [0.05, 0.1) is 19.1 Å². The molecular weight excluding hydrogens is 802 g/mol. The van der Waals surface area contributed by atoms with E-state index < -0.39 is 121 Å². The maximum absolute atomic E-state index is 13.8. The van der Waals surface area contributed by atoms with Gasteiger partial charge in [-0.3, -0.25) is 38.4 Å². The SMILES string of the molecule is CC(C)CC(NC(=O)C(CO)NC(=O)C(CCC(N)=O)NC(=O)C(CC(C)C)NC(=O)C(Cc1ccc(O)cc1)NC(=O)C(N)CC(=O)O)C(=O)NC(CCCCN)C(=O)O. The van der Waals surface area contributed by atoms with Gasteiger partial charge in [-0.2, -0.15) is 0 Å². The average Bonchev–Trinajstić information content (AvgIpc) is 3.16. The Morgan fingerprint density at radius 2 is 1.05 bits per heavy atom. The van der Waals surface area contributed by atoms with E-state index in [2.05, 4.69) is 31.9 Å². The maximum Gasteiger partial charge on any atom is 0.326 e. The van der Waals surface area contributed by atoms with Gasteiger partial charge in [0.2, 0.25) is 41.4 Å². The summed E-state index contributed by atoms with van der Waals surface area (Å²) in [5, 5.41) is 53.1. The van der Waals surface area contributed by atoms with Crippen LogP contribution in [0, 0.1) is 11.8 Å². The van der Waals surface area contributed by atoms with Crippen molar-refractivity contribution in [2.24, 2.45) is 29.0 Å². The van der Waals surface area contributed by atoms with E-state index in [1.165, 1.54) is 24.3 Å². The molecule has 1 rings (SSSR count). The van der Waals surface area contributed by atoms with Gasteiger partial charge in [-0.05, 0) is 74.6 Å². The zero-order chi connectivity index (χ0) is 46.4. The van der Waals surface area contributed by atoms with Crippen molar-refractivity contribution in [3.63, 3.8) is 0 Å². The Kier molecular flexibility index (Phi) is 23.6. The van der Waals surface area contributed by atoms with Gasteiger partial charge in [0.25, 0.3) is 0 Å². The van der Waals surface area contributed by atoms with Crippen LogP contribution in [0.5, 0.6) is 5.75 Å². The summed E-state index contributed by atoms with van der Waals surface area (Å²) in [5.74, 6) is -9.72. The van der Waals surface area contributed by atoms with Gasteiger partial charge in [-0.15, -0.1) is 0 Å². The Morgan fingerprint density at radius 1 is 0.607 bits per heavy atom. The van der Waals surface area contributed by atoms with Crippen LogP contribution in [0.1, 0.15) is 84.6 Å². The number of phenols is 1. The molecule has 7 atom stereocenters. The van der Waals surface area contributed by atoms with E-state index in [0.29, 0.717) is 24.9 Å². The Hall–Kier alpha value is -5.87. The minimum Gasteiger partial charge on any atom is -0.508 e. The fourth-order valence-corrected chi connectivity index (χ4v) is 5.90. The van der Waals surface area contributed by atoms with Gasteiger partial charge in [0.15, 0.2) is 0 Å². The monoisotopic (exact) mass is 865 g/mol. The summed E-state index contributed by atoms with van der Waals surface area (Å²) >= 11 is 0. The lowest BCUT2D eigenvalue weighted by Crippen LogP contribution is -2.60. The number of hydrogen-bond donors (Lipinski definition) is 13. The van der Waals surface area contributed by atoms with Crippen LogP contribution in [0.15, 0.2) is 24.3 Å². The van der Waals surface area contributed by atoms with Crippen LogP contribution in [0.2, 0.25) is 0 Å². The topological polar surface area (TPSA) is 385 Å². The van der Waals surface area contributed by atoms with E-state index in [1.54, 1.807) is 27.7 Å². The molecule has 0 saturated heterocycles. The zero-order valence-electron chi connectivity index (χ0n) is 35.0. The Bertz CT molecular complexity index is 1660. The molecular formula is C39H63N9O13. The normalized spacial score (nSPS) is 14.6. The van der Waals surface area contributed by atoms with Gasteiger partial charge in [0.1, 0.15) is 42.0 Å². The zero-order valence-corrected chi connectivity index (χ0v) is 35.0. The number of carboxylic acid groups (broad SMARTS) is 2. The molecule has 0 aliphatic heterocycles. The lowest BCUT2D eigenvalue weighted by molar-refractivity contribution is -0.142. The predicted molar refractivity (Wildman–Crippen MR) is 219 cm³/mol. The van der Waals surface area contributed by atoms with Crippen molar-refractivity contribution in [2.45, 2.75) is 128 Å². The van der Waals surface area contributed by atoms with Crippen LogP contribution < -0.4 is 49.1 Å². The molecule has 0 radical (unpaired) electrons. The summed E-state index contributed by atoms with van der Waals surface area (Å²) in [6.45, 7) is 6.28. The molecule has 0 fully saturated rings. The number of phenolic OH excluding ortho intramolecular Hbond substituents is 1. The molecule has 0 aromatic heterocycles. The molecule has 0 bridgehead atoms. The first kappa shape index (κ1) is 53.1. The Labute approximate surface area is 353 Å². The van der Waals surface area contributed by atoms with Crippen LogP contribution in [0.25, 0.3) is 0 Å². The number of carboxylic acids is 2. The largest absolute Gasteiger partial charge is 0.508 e. The van der Waals surface area contributed by atoms with Crippen LogP contribution >= 0.6 is 0 Å². The summed E-state index contributed by atoms with van der Waals surface area (Å²) in [5.41, 5.74) is 17.0. The maximum atomic E-state index is 13.8. The number of benzene rings is 1. The number of amides is 7. The fourth-order valence-electron chi connectivity index (χ4n) is 5.90. The molecule has 0 spiro atoms. The van der Waals surface area contributed by atoms with Gasteiger partial charge < -0.3 is 69.5 Å². The van der Waals surface area contributed by atoms with Gasteiger partial charge in [-0.1, -0.05) is 39.8 Å². The highest BCUT2D eigenvalue weighted by atomic mass is 16.4. The molecule has 0 aliphatic rings. The highest BCUT2D eigenvalue weighted by Gasteiger charge is 2.34. The van der Waals surface area contributed by atoms with E-state index in [0.717, 1.165) is 0 Å². The van der Waals surface area contributed by atoms with Crippen LogP contribution in [-0.4, -0.2) is 129 Å². The summed E-state index contributed by atoms with van der Waals surface area (Å²) in [7, 11) is 0. The molecule has 342 valence electrons. The van der Waals surface area contributed by atoms with Crippen LogP contribution in [0.3, 0.4) is 0 Å². The number of aliphatic carboxylic acids is 2. The standard InChI is InChI=1S/C39H63N9O13/c1-20(2)15-27(46-37(58)29(17-22-8-10-23(50)11-9-22)45-33(54)24(41)18-32(52)53)35(56)43-25(12-13-31(42)51)34(55)48-30(19-49)38(59)47-28(16-21(3)4)36(57)44-26(39(60)61)7-5-6-14-40/h8-11,20-21,24-30,49-50H,5-7,12-19,40-41H2,1-4H3,(H2,42,51)(H,43,56)(H,44,57)(H,45,54)(H,46,58)(H,47,59)(H,48,55)(H,52,53)(H,60,61). The number of primary amides is 1. The Balaban J connectivity index is 3.33. The van der Waals surface area contributed by atoms with E-state index >= 15 is 0 Å². The second-order valence-corrected chi connectivity index (χ2v) is 15.5.